The van der Waals surface area contributed by atoms with Crippen LogP contribution in [0.3, 0.4) is 0 Å². The molecule has 1 heterocycles. The van der Waals surface area contributed by atoms with E-state index in [9.17, 15) is 0 Å². The molecule has 3 aromatic rings. The Kier molecular flexibility index (Phi) is 3.92. The molecule has 0 radical (unpaired) electrons. The lowest BCUT2D eigenvalue weighted by atomic mass is 9.84. The summed E-state index contributed by atoms with van der Waals surface area (Å²) in [5.41, 5.74) is 8.18. The van der Waals surface area contributed by atoms with Crippen molar-refractivity contribution in [2.75, 3.05) is 0 Å². The maximum absolute atomic E-state index is 6.08. The van der Waals surface area contributed by atoms with Crippen LogP contribution in [0, 0.1) is 0 Å². The van der Waals surface area contributed by atoms with E-state index in [1.165, 1.54) is 44.2 Å². The molecular formula is C24H26O. The largest absolute Gasteiger partial charge is 0.372 e. The summed E-state index contributed by atoms with van der Waals surface area (Å²) in [6, 6.07) is 18.3. The molecule has 0 saturated carbocycles. The Morgan fingerprint density at radius 3 is 2.44 bits per heavy atom. The zero-order chi connectivity index (χ0) is 17.6. The SMILES string of the molecule is CCc1ccc2c3c(ccc2c1)-c1ccc(C(C)(C)C)cc1COC3. The molecule has 0 bridgehead atoms. The molecule has 0 amide bonds. The number of benzene rings is 3. The van der Waals surface area contributed by atoms with E-state index in [1.54, 1.807) is 0 Å². The molecule has 25 heavy (non-hydrogen) atoms. The minimum atomic E-state index is 0.157. The van der Waals surface area contributed by atoms with Gasteiger partial charge in [0.05, 0.1) is 13.2 Å². The van der Waals surface area contributed by atoms with Crippen molar-refractivity contribution in [2.24, 2.45) is 0 Å². The molecule has 0 saturated heterocycles. The maximum Gasteiger partial charge on any atom is 0.0733 e. The van der Waals surface area contributed by atoms with Crippen LogP contribution in [0.5, 0.6) is 0 Å². The van der Waals surface area contributed by atoms with Gasteiger partial charge in [-0.3, -0.25) is 0 Å². The van der Waals surface area contributed by atoms with Gasteiger partial charge in [-0.05, 0) is 56.0 Å². The summed E-state index contributed by atoms with van der Waals surface area (Å²) in [7, 11) is 0. The molecule has 1 nitrogen and oxygen atoms in total. The van der Waals surface area contributed by atoms with E-state index in [0.717, 1.165) is 6.42 Å². The highest BCUT2D eigenvalue weighted by molar-refractivity contribution is 5.93. The average molecular weight is 330 g/mol. The molecule has 0 atom stereocenters. The van der Waals surface area contributed by atoms with E-state index >= 15 is 0 Å². The highest BCUT2D eigenvalue weighted by atomic mass is 16.5. The summed E-state index contributed by atoms with van der Waals surface area (Å²) in [6.07, 6.45) is 1.07. The van der Waals surface area contributed by atoms with E-state index in [4.69, 9.17) is 4.74 Å². The monoisotopic (exact) mass is 330 g/mol. The molecule has 128 valence electrons. The van der Waals surface area contributed by atoms with Gasteiger partial charge in [-0.1, -0.05) is 76.2 Å². The molecule has 3 aromatic carbocycles. The van der Waals surface area contributed by atoms with Crippen LogP contribution in [-0.2, 0) is 29.8 Å². The van der Waals surface area contributed by atoms with Gasteiger partial charge in [0, 0.05) is 0 Å². The van der Waals surface area contributed by atoms with Crippen LogP contribution in [0.15, 0.2) is 48.5 Å². The minimum absolute atomic E-state index is 0.157. The van der Waals surface area contributed by atoms with Crippen LogP contribution >= 0.6 is 0 Å². The van der Waals surface area contributed by atoms with E-state index in [-0.39, 0.29) is 5.41 Å². The van der Waals surface area contributed by atoms with Crippen molar-refractivity contribution in [3.63, 3.8) is 0 Å². The summed E-state index contributed by atoms with van der Waals surface area (Å²) in [5, 5.41) is 2.64. The van der Waals surface area contributed by atoms with Crippen LogP contribution in [0.1, 0.15) is 49.9 Å². The lowest BCUT2D eigenvalue weighted by molar-refractivity contribution is 0.110. The van der Waals surface area contributed by atoms with Crippen molar-refractivity contribution in [3.05, 3.63) is 70.8 Å². The third-order valence-electron chi connectivity index (χ3n) is 5.37. The molecule has 0 aliphatic carbocycles. The van der Waals surface area contributed by atoms with Crippen molar-refractivity contribution in [2.45, 2.75) is 52.7 Å². The molecule has 0 N–H and O–H groups in total. The van der Waals surface area contributed by atoms with E-state index in [0.29, 0.717) is 13.2 Å². The first-order valence-electron chi connectivity index (χ1n) is 9.23. The van der Waals surface area contributed by atoms with Gasteiger partial charge in [0.25, 0.3) is 0 Å². The van der Waals surface area contributed by atoms with Gasteiger partial charge in [0.1, 0.15) is 0 Å². The molecule has 1 aliphatic heterocycles. The molecular weight excluding hydrogens is 304 g/mol. The van der Waals surface area contributed by atoms with Gasteiger partial charge in [-0.15, -0.1) is 0 Å². The topological polar surface area (TPSA) is 9.23 Å². The second-order valence-corrected chi connectivity index (χ2v) is 8.12. The first-order valence-corrected chi connectivity index (χ1v) is 9.23. The van der Waals surface area contributed by atoms with Crippen molar-refractivity contribution in [1.29, 1.82) is 0 Å². The summed E-state index contributed by atoms with van der Waals surface area (Å²) in [6.45, 7) is 10.4. The van der Waals surface area contributed by atoms with Crippen LogP contribution in [-0.4, -0.2) is 0 Å². The predicted octanol–water partition coefficient (Wildman–Crippen LogP) is 6.40. The second-order valence-electron chi connectivity index (χ2n) is 8.12. The number of hydrogen-bond donors (Lipinski definition) is 0. The fraction of sp³-hybridized carbons (Fsp3) is 0.333. The Balaban J connectivity index is 1.91. The molecule has 0 aromatic heterocycles. The highest BCUT2D eigenvalue weighted by Crippen LogP contribution is 2.38. The third kappa shape index (κ3) is 2.87. The Morgan fingerprint density at radius 2 is 1.68 bits per heavy atom. The fourth-order valence-corrected chi connectivity index (χ4v) is 3.78. The van der Waals surface area contributed by atoms with Crippen molar-refractivity contribution in [3.8, 4) is 11.1 Å². The normalized spacial score (nSPS) is 14.1. The molecule has 1 heteroatoms. The van der Waals surface area contributed by atoms with Gasteiger partial charge in [0.2, 0.25) is 0 Å². The van der Waals surface area contributed by atoms with Crippen molar-refractivity contribution >= 4 is 10.8 Å². The molecule has 0 unspecified atom stereocenters. The Morgan fingerprint density at radius 1 is 0.880 bits per heavy atom. The van der Waals surface area contributed by atoms with Crippen LogP contribution in [0.2, 0.25) is 0 Å². The van der Waals surface area contributed by atoms with Crippen molar-refractivity contribution in [1.82, 2.24) is 0 Å². The summed E-state index contributed by atoms with van der Waals surface area (Å²) < 4.78 is 6.08. The Labute approximate surface area is 150 Å². The molecule has 4 rings (SSSR count). The van der Waals surface area contributed by atoms with Crippen LogP contribution < -0.4 is 0 Å². The Bertz CT molecular complexity index is 944. The van der Waals surface area contributed by atoms with Crippen molar-refractivity contribution < 1.29 is 4.74 Å². The zero-order valence-corrected chi connectivity index (χ0v) is 15.6. The highest BCUT2D eigenvalue weighted by Gasteiger charge is 2.20. The fourth-order valence-electron chi connectivity index (χ4n) is 3.78. The van der Waals surface area contributed by atoms with Gasteiger partial charge < -0.3 is 4.74 Å². The Hall–Kier alpha value is -2.12. The lowest BCUT2D eigenvalue weighted by Crippen LogP contribution is -2.11. The molecule has 0 spiro atoms. The van der Waals surface area contributed by atoms with Gasteiger partial charge in [-0.25, -0.2) is 0 Å². The van der Waals surface area contributed by atoms with Gasteiger partial charge in [0.15, 0.2) is 0 Å². The number of hydrogen-bond acceptors (Lipinski definition) is 1. The summed E-state index contributed by atoms with van der Waals surface area (Å²) in [5.74, 6) is 0. The minimum Gasteiger partial charge on any atom is -0.372 e. The number of ether oxygens (including phenoxy) is 1. The maximum atomic E-state index is 6.08. The van der Waals surface area contributed by atoms with Crippen LogP contribution in [0.4, 0.5) is 0 Å². The number of rotatable bonds is 1. The number of fused-ring (bicyclic) bond motifs is 5. The molecule has 0 fully saturated rings. The quantitative estimate of drug-likeness (QED) is 0.502. The second kappa shape index (κ2) is 6.00. The summed E-state index contributed by atoms with van der Waals surface area (Å²) >= 11 is 0. The summed E-state index contributed by atoms with van der Waals surface area (Å²) in [4.78, 5) is 0. The van der Waals surface area contributed by atoms with E-state index in [2.05, 4.69) is 76.2 Å². The van der Waals surface area contributed by atoms with Gasteiger partial charge >= 0.3 is 0 Å². The van der Waals surface area contributed by atoms with Gasteiger partial charge in [-0.2, -0.15) is 0 Å². The number of aryl methyl sites for hydroxylation is 1. The first kappa shape index (κ1) is 16.4. The smallest absolute Gasteiger partial charge is 0.0733 e. The standard InChI is InChI=1S/C24H26O/c1-5-16-6-9-20-17(12-16)7-10-22-21-11-8-19(24(2,3)4)13-18(21)14-25-15-23(20)22/h6-13H,5,14-15H2,1-4H3. The first-order chi connectivity index (χ1) is 12.0. The lowest BCUT2D eigenvalue weighted by Gasteiger charge is -2.21. The molecule has 1 aliphatic rings. The average Bonchev–Trinajstić information content (AvgIpc) is 2.79. The zero-order valence-electron chi connectivity index (χ0n) is 15.6. The third-order valence-corrected chi connectivity index (χ3v) is 5.37. The van der Waals surface area contributed by atoms with E-state index in [1.807, 2.05) is 0 Å². The van der Waals surface area contributed by atoms with Crippen LogP contribution in [0.25, 0.3) is 21.9 Å². The predicted molar refractivity (Wildman–Crippen MR) is 106 cm³/mol. The van der Waals surface area contributed by atoms with E-state index < -0.39 is 0 Å².